The van der Waals surface area contributed by atoms with Gasteiger partial charge in [-0.25, -0.2) is 9.69 Å². The van der Waals surface area contributed by atoms with Gasteiger partial charge in [-0.05, 0) is 12.6 Å². The average Bonchev–Trinajstić information content (AvgIpc) is 2.33. The fourth-order valence-corrected chi connectivity index (χ4v) is 1.30. The number of carbonyl (C=O) groups is 1. The average molecular weight is 161 g/mol. The third kappa shape index (κ3) is 0.704. The molecule has 0 atom stereocenters. The molecule has 1 aliphatic rings. The first-order chi connectivity index (χ1) is 5.72. The fourth-order valence-electron chi connectivity index (χ4n) is 1.30. The van der Waals surface area contributed by atoms with E-state index in [1.165, 1.54) is 0 Å². The number of pyridine rings is 1. The number of aromatic nitrogens is 1. The Bertz CT molecular complexity index is 371. The van der Waals surface area contributed by atoms with Crippen molar-refractivity contribution in [2.45, 2.75) is 0 Å². The van der Waals surface area contributed by atoms with Gasteiger partial charge in [0.2, 0.25) is 5.70 Å². The van der Waals surface area contributed by atoms with Crippen LogP contribution in [0, 0.1) is 0 Å². The van der Waals surface area contributed by atoms with E-state index >= 15 is 0 Å². The molecular weight excluding hydrogens is 152 g/mol. The van der Waals surface area contributed by atoms with Crippen LogP contribution in [0.1, 0.15) is 4.79 Å². The van der Waals surface area contributed by atoms with Gasteiger partial charge in [-0.3, -0.25) is 0 Å². The van der Waals surface area contributed by atoms with Crippen LogP contribution in [0.25, 0.3) is 0 Å². The van der Waals surface area contributed by atoms with E-state index in [1.54, 1.807) is 15.7 Å². The highest BCUT2D eigenvalue weighted by atomic mass is 16.2. The van der Waals surface area contributed by atoms with Crippen LogP contribution in [0.2, 0.25) is 0 Å². The number of hydrogen-bond acceptors (Lipinski definition) is 2. The largest absolute Gasteiger partial charge is 0.384 e. The molecule has 0 saturated carbocycles. The zero-order chi connectivity index (χ0) is 8.72. The van der Waals surface area contributed by atoms with E-state index in [0.717, 1.165) is 5.82 Å². The molecule has 1 aliphatic heterocycles. The summed E-state index contributed by atoms with van der Waals surface area (Å²) in [7, 11) is 1.83. The van der Waals surface area contributed by atoms with E-state index in [4.69, 9.17) is 0 Å². The maximum Gasteiger partial charge on any atom is 0.384 e. The van der Waals surface area contributed by atoms with Crippen molar-refractivity contribution in [1.29, 1.82) is 0 Å². The highest BCUT2D eigenvalue weighted by molar-refractivity contribution is 5.93. The smallest absolute Gasteiger partial charge is 0.236 e. The normalized spacial score (nSPS) is 15.2. The van der Waals surface area contributed by atoms with Gasteiger partial charge in [0.25, 0.3) is 5.82 Å². The Labute approximate surface area is 70.5 Å². The molecule has 0 aromatic carbocycles. The van der Waals surface area contributed by atoms with Crippen molar-refractivity contribution in [3.63, 3.8) is 0 Å². The molecule has 0 spiro atoms. The van der Waals surface area contributed by atoms with E-state index in [0.29, 0.717) is 5.70 Å². The van der Waals surface area contributed by atoms with Crippen molar-refractivity contribution < 1.29 is 9.36 Å². The molecule has 0 N–H and O–H groups in total. The van der Waals surface area contributed by atoms with E-state index < -0.39 is 0 Å². The number of hydrogen-bond donors (Lipinski definition) is 0. The highest BCUT2D eigenvalue weighted by Gasteiger charge is 2.36. The Balaban J connectivity index is 2.67. The van der Waals surface area contributed by atoms with Gasteiger partial charge >= 0.3 is 5.91 Å². The number of carbonyl (C=O) groups excluding carboxylic acids is 1. The van der Waals surface area contributed by atoms with Crippen LogP contribution in [0.4, 0.5) is 5.82 Å². The Morgan fingerprint density at radius 2 is 2.25 bits per heavy atom. The quantitative estimate of drug-likeness (QED) is 0.410. The van der Waals surface area contributed by atoms with Crippen LogP contribution < -0.4 is 9.47 Å². The van der Waals surface area contributed by atoms with Crippen LogP contribution >= 0.6 is 0 Å². The predicted octanol–water partition coefficient (Wildman–Crippen LogP) is 0.578. The molecule has 12 heavy (non-hydrogen) atoms. The molecule has 3 heteroatoms. The maximum absolute atomic E-state index is 11.4. The third-order valence-corrected chi connectivity index (χ3v) is 2.05. The van der Waals surface area contributed by atoms with Gasteiger partial charge < -0.3 is 0 Å². The number of likely N-dealkylation sites (N-methyl/N-ethyl adjacent to an activating group) is 1. The van der Waals surface area contributed by atoms with E-state index in [2.05, 4.69) is 6.58 Å². The second-order valence-electron chi connectivity index (χ2n) is 2.74. The molecular formula is C9H9N2O+. The summed E-state index contributed by atoms with van der Waals surface area (Å²) >= 11 is 0. The van der Waals surface area contributed by atoms with Gasteiger partial charge in [-0.2, -0.15) is 4.57 Å². The number of rotatable bonds is 0. The monoisotopic (exact) mass is 161 g/mol. The number of fused-ring (bicyclic) bond motifs is 1. The molecule has 0 amide bonds. The molecule has 1 aromatic heterocycles. The Morgan fingerprint density at radius 3 is 2.92 bits per heavy atom. The third-order valence-electron chi connectivity index (χ3n) is 2.05. The lowest BCUT2D eigenvalue weighted by Gasteiger charge is -1.98. The lowest BCUT2D eigenvalue weighted by atomic mass is 10.4. The van der Waals surface area contributed by atoms with Crippen LogP contribution in [-0.4, -0.2) is 13.0 Å². The van der Waals surface area contributed by atoms with Crippen molar-refractivity contribution in [2.24, 2.45) is 0 Å². The van der Waals surface area contributed by atoms with E-state index in [-0.39, 0.29) is 5.91 Å². The van der Waals surface area contributed by atoms with Gasteiger partial charge in [0.1, 0.15) is 0 Å². The van der Waals surface area contributed by atoms with Crippen LogP contribution in [0.3, 0.4) is 0 Å². The first-order valence-corrected chi connectivity index (χ1v) is 3.70. The SMILES string of the molecule is C=C1C(=O)[n+]2ccccc2N1C. The topological polar surface area (TPSA) is 24.2 Å². The molecule has 2 heterocycles. The molecule has 0 unspecified atom stereocenters. The minimum atomic E-state index is -0.0481. The maximum atomic E-state index is 11.4. The van der Waals surface area contributed by atoms with Crippen molar-refractivity contribution in [2.75, 3.05) is 11.9 Å². The van der Waals surface area contributed by atoms with Crippen molar-refractivity contribution >= 4 is 11.7 Å². The minimum absolute atomic E-state index is 0.0481. The second-order valence-corrected chi connectivity index (χ2v) is 2.74. The second kappa shape index (κ2) is 2.17. The molecule has 3 nitrogen and oxygen atoms in total. The molecule has 1 aromatic rings. The number of anilines is 1. The fraction of sp³-hybridized carbons (Fsp3) is 0.111. The van der Waals surface area contributed by atoms with Gasteiger partial charge in [0.05, 0.1) is 13.2 Å². The standard InChI is InChI=1S/C9H9N2O/c1-7-9(12)11-6-4-3-5-8(11)10(7)2/h3-6H,1H2,2H3/q+1. The first kappa shape index (κ1) is 7.03. The summed E-state index contributed by atoms with van der Waals surface area (Å²) in [6, 6.07) is 5.61. The summed E-state index contributed by atoms with van der Waals surface area (Å²) in [6.45, 7) is 3.69. The summed E-state index contributed by atoms with van der Waals surface area (Å²) in [5.41, 5.74) is 0.515. The molecule has 0 bridgehead atoms. The Hall–Kier alpha value is -1.64. The summed E-state index contributed by atoms with van der Waals surface area (Å²) in [6.07, 6.45) is 1.74. The van der Waals surface area contributed by atoms with Gasteiger partial charge in [0.15, 0.2) is 0 Å². The molecule has 0 fully saturated rings. The van der Waals surface area contributed by atoms with E-state index in [9.17, 15) is 4.79 Å². The highest BCUT2D eigenvalue weighted by Crippen LogP contribution is 2.17. The lowest BCUT2D eigenvalue weighted by molar-refractivity contribution is -0.551. The molecule has 0 radical (unpaired) electrons. The predicted molar refractivity (Wildman–Crippen MR) is 44.8 cm³/mol. The Kier molecular flexibility index (Phi) is 1.27. The lowest BCUT2D eigenvalue weighted by Crippen LogP contribution is -2.37. The minimum Gasteiger partial charge on any atom is -0.236 e. The molecule has 0 aliphatic carbocycles. The van der Waals surface area contributed by atoms with Crippen molar-refractivity contribution in [3.05, 3.63) is 36.7 Å². The number of allylic oxidation sites excluding steroid dienone is 1. The molecule has 2 rings (SSSR count). The van der Waals surface area contributed by atoms with Crippen molar-refractivity contribution in [3.8, 4) is 0 Å². The van der Waals surface area contributed by atoms with Crippen LogP contribution in [0.5, 0.6) is 0 Å². The molecule has 0 saturated heterocycles. The van der Waals surface area contributed by atoms with E-state index in [1.807, 2.05) is 25.2 Å². The Morgan fingerprint density at radius 1 is 1.50 bits per heavy atom. The van der Waals surface area contributed by atoms with Crippen LogP contribution in [-0.2, 0) is 0 Å². The van der Waals surface area contributed by atoms with Crippen molar-refractivity contribution in [1.82, 2.24) is 0 Å². The summed E-state index contributed by atoms with van der Waals surface area (Å²) < 4.78 is 1.59. The zero-order valence-corrected chi connectivity index (χ0v) is 6.82. The van der Waals surface area contributed by atoms with Gasteiger partial charge in [-0.15, -0.1) is 0 Å². The number of nitrogens with zero attached hydrogens (tertiary/aromatic N) is 2. The molecule has 60 valence electrons. The summed E-state index contributed by atoms with van der Waals surface area (Å²) in [5.74, 6) is 0.820. The van der Waals surface area contributed by atoms with Gasteiger partial charge in [-0.1, -0.05) is 6.07 Å². The first-order valence-electron chi connectivity index (χ1n) is 3.70. The zero-order valence-electron chi connectivity index (χ0n) is 6.82. The summed E-state index contributed by atoms with van der Waals surface area (Å²) in [4.78, 5) is 13.2. The summed E-state index contributed by atoms with van der Waals surface area (Å²) in [5, 5.41) is 0. The van der Waals surface area contributed by atoms with Crippen LogP contribution in [0.15, 0.2) is 36.7 Å². The van der Waals surface area contributed by atoms with Gasteiger partial charge in [0, 0.05) is 6.07 Å².